The molecule has 19 heavy (non-hydrogen) atoms. The van der Waals surface area contributed by atoms with Gasteiger partial charge in [-0.2, -0.15) is 0 Å². The molecule has 1 atom stereocenters. The molecule has 0 aromatic carbocycles. The normalized spacial score (nSPS) is 12.3. The second-order valence-electron chi connectivity index (χ2n) is 4.26. The minimum absolute atomic E-state index is 0.0632. The number of carbonyl (C=O) groups is 3. The highest BCUT2D eigenvalue weighted by molar-refractivity contribution is 5.91. The second-order valence-corrected chi connectivity index (χ2v) is 4.26. The molecule has 0 fully saturated rings. The van der Waals surface area contributed by atoms with E-state index in [-0.39, 0.29) is 24.5 Å². The Morgan fingerprint density at radius 1 is 1.16 bits per heavy atom. The van der Waals surface area contributed by atoms with Crippen molar-refractivity contribution in [3.05, 3.63) is 12.2 Å². The van der Waals surface area contributed by atoms with E-state index in [4.69, 9.17) is 4.74 Å². The van der Waals surface area contributed by atoms with Gasteiger partial charge in [0.05, 0.1) is 13.2 Å². The molecule has 0 aliphatic heterocycles. The Balaban J connectivity index is 4.25. The Labute approximate surface area is 113 Å². The van der Waals surface area contributed by atoms with Crippen molar-refractivity contribution in [3.63, 3.8) is 0 Å². The molecule has 1 amide bonds. The third-order valence-corrected chi connectivity index (χ3v) is 2.43. The van der Waals surface area contributed by atoms with Crippen LogP contribution in [0.25, 0.3) is 0 Å². The molecule has 0 aliphatic rings. The molecule has 0 aromatic rings. The van der Waals surface area contributed by atoms with Crippen molar-refractivity contribution >= 4 is 17.8 Å². The summed E-state index contributed by atoms with van der Waals surface area (Å²) in [6.07, 6.45) is 2.35. The fourth-order valence-electron chi connectivity index (χ4n) is 1.13. The molecule has 0 radical (unpaired) electrons. The Hall–Kier alpha value is -1.85. The minimum atomic E-state index is -0.651. The first-order valence-corrected chi connectivity index (χ1v) is 6.12. The van der Waals surface area contributed by atoms with Gasteiger partial charge in [-0.15, -0.1) is 0 Å². The lowest BCUT2D eigenvalue weighted by Crippen LogP contribution is -2.42. The molecule has 0 saturated carbocycles. The zero-order chi connectivity index (χ0) is 14.8. The number of methoxy groups -OCH3 is 1. The average Bonchev–Trinajstić information content (AvgIpc) is 2.39. The second kappa shape index (κ2) is 9.13. The SMILES string of the molecule is CCC(=O)NC(COC(=O)/C=C/C(=O)OC)C(C)C. The van der Waals surface area contributed by atoms with Crippen LogP contribution in [0.5, 0.6) is 0 Å². The topological polar surface area (TPSA) is 81.7 Å². The molecule has 0 saturated heterocycles. The summed E-state index contributed by atoms with van der Waals surface area (Å²) >= 11 is 0. The van der Waals surface area contributed by atoms with Crippen LogP contribution in [0.15, 0.2) is 12.2 Å². The first-order valence-electron chi connectivity index (χ1n) is 6.12. The van der Waals surface area contributed by atoms with Crippen molar-refractivity contribution in [2.75, 3.05) is 13.7 Å². The fraction of sp³-hybridized carbons (Fsp3) is 0.615. The summed E-state index contributed by atoms with van der Waals surface area (Å²) in [5.74, 6) is -1.24. The van der Waals surface area contributed by atoms with Gasteiger partial charge in [0.15, 0.2) is 0 Å². The number of rotatable bonds is 7. The van der Waals surface area contributed by atoms with Gasteiger partial charge in [0.25, 0.3) is 0 Å². The summed E-state index contributed by atoms with van der Waals surface area (Å²) in [6, 6.07) is -0.247. The van der Waals surface area contributed by atoms with E-state index < -0.39 is 11.9 Å². The highest BCUT2D eigenvalue weighted by atomic mass is 16.5. The van der Waals surface area contributed by atoms with Crippen LogP contribution in [0, 0.1) is 5.92 Å². The van der Waals surface area contributed by atoms with E-state index in [0.717, 1.165) is 12.2 Å². The molecule has 0 spiro atoms. The van der Waals surface area contributed by atoms with Crippen LogP contribution in [0.3, 0.4) is 0 Å². The van der Waals surface area contributed by atoms with E-state index in [1.807, 2.05) is 13.8 Å². The molecule has 0 aromatic heterocycles. The quantitative estimate of drug-likeness (QED) is 0.547. The number of ether oxygens (including phenoxy) is 2. The van der Waals surface area contributed by atoms with Gasteiger partial charge < -0.3 is 14.8 Å². The number of nitrogens with one attached hydrogen (secondary N) is 1. The van der Waals surface area contributed by atoms with Gasteiger partial charge in [0.2, 0.25) is 5.91 Å². The zero-order valence-corrected chi connectivity index (χ0v) is 11.8. The number of carbonyl (C=O) groups excluding carboxylic acids is 3. The van der Waals surface area contributed by atoms with E-state index in [2.05, 4.69) is 10.1 Å². The van der Waals surface area contributed by atoms with E-state index in [0.29, 0.717) is 6.42 Å². The zero-order valence-electron chi connectivity index (χ0n) is 11.8. The lowest BCUT2D eigenvalue weighted by molar-refractivity contribution is -0.140. The number of esters is 2. The van der Waals surface area contributed by atoms with Gasteiger partial charge in [0, 0.05) is 18.6 Å². The number of hydrogen-bond acceptors (Lipinski definition) is 5. The van der Waals surface area contributed by atoms with Gasteiger partial charge in [-0.25, -0.2) is 9.59 Å². The first-order chi connectivity index (χ1) is 8.90. The molecule has 0 bridgehead atoms. The summed E-state index contributed by atoms with van der Waals surface area (Å²) < 4.78 is 9.30. The van der Waals surface area contributed by atoms with Gasteiger partial charge >= 0.3 is 11.9 Å². The fourth-order valence-corrected chi connectivity index (χ4v) is 1.13. The summed E-state index contributed by atoms with van der Waals surface area (Å²) in [4.78, 5) is 33.4. The molecule has 1 unspecified atom stereocenters. The van der Waals surface area contributed by atoms with Crippen molar-refractivity contribution in [2.45, 2.75) is 33.2 Å². The maximum absolute atomic E-state index is 11.3. The van der Waals surface area contributed by atoms with Crippen molar-refractivity contribution in [1.82, 2.24) is 5.32 Å². The van der Waals surface area contributed by atoms with Crippen LogP contribution in [0.4, 0.5) is 0 Å². The van der Waals surface area contributed by atoms with Crippen LogP contribution in [0.1, 0.15) is 27.2 Å². The summed E-state index contributed by atoms with van der Waals surface area (Å²) in [6.45, 7) is 5.64. The van der Waals surface area contributed by atoms with Crippen molar-refractivity contribution in [1.29, 1.82) is 0 Å². The van der Waals surface area contributed by atoms with Crippen LogP contribution in [-0.2, 0) is 23.9 Å². The average molecular weight is 271 g/mol. The molecule has 0 heterocycles. The smallest absolute Gasteiger partial charge is 0.331 e. The molecule has 1 N–H and O–H groups in total. The molecule has 0 rings (SSSR count). The highest BCUT2D eigenvalue weighted by Gasteiger charge is 2.17. The van der Waals surface area contributed by atoms with Crippen molar-refractivity contribution in [2.24, 2.45) is 5.92 Å². The summed E-state index contributed by atoms with van der Waals surface area (Å²) in [7, 11) is 1.22. The van der Waals surface area contributed by atoms with Crippen LogP contribution in [-0.4, -0.2) is 37.6 Å². The molecule has 108 valence electrons. The molecule has 6 heteroatoms. The third kappa shape index (κ3) is 7.96. The minimum Gasteiger partial charge on any atom is -0.466 e. The van der Waals surface area contributed by atoms with Crippen molar-refractivity contribution in [3.8, 4) is 0 Å². The maximum Gasteiger partial charge on any atom is 0.331 e. The standard InChI is InChI=1S/C13H21NO5/c1-5-11(15)14-10(9(2)3)8-19-13(17)7-6-12(16)18-4/h6-7,9-10H,5,8H2,1-4H3,(H,14,15)/b7-6+. The Morgan fingerprint density at radius 3 is 2.21 bits per heavy atom. The van der Waals surface area contributed by atoms with E-state index >= 15 is 0 Å². The Morgan fingerprint density at radius 2 is 1.74 bits per heavy atom. The first kappa shape index (κ1) is 17.2. The molecule has 6 nitrogen and oxygen atoms in total. The van der Waals surface area contributed by atoms with Crippen molar-refractivity contribution < 1.29 is 23.9 Å². The lowest BCUT2D eigenvalue weighted by Gasteiger charge is -2.21. The summed E-state index contributed by atoms with van der Waals surface area (Å²) in [5, 5.41) is 2.77. The predicted molar refractivity (Wildman–Crippen MR) is 69.2 cm³/mol. The van der Waals surface area contributed by atoms with Gasteiger partial charge in [-0.1, -0.05) is 20.8 Å². The lowest BCUT2D eigenvalue weighted by atomic mass is 10.1. The summed E-state index contributed by atoms with van der Waals surface area (Å²) in [5.41, 5.74) is 0. The van der Waals surface area contributed by atoms with E-state index in [1.54, 1.807) is 6.92 Å². The largest absolute Gasteiger partial charge is 0.466 e. The number of amides is 1. The van der Waals surface area contributed by atoms with E-state index in [9.17, 15) is 14.4 Å². The predicted octanol–water partition coefficient (Wildman–Crippen LogP) is 0.810. The Kier molecular flexibility index (Phi) is 8.24. The molecular formula is C13H21NO5. The van der Waals surface area contributed by atoms with Gasteiger partial charge in [0.1, 0.15) is 6.61 Å². The molecule has 0 aliphatic carbocycles. The number of hydrogen-bond donors (Lipinski definition) is 1. The Bertz CT molecular complexity index is 349. The van der Waals surface area contributed by atoms with E-state index in [1.165, 1.54) is 7.11 Å². The van der Waals surface area contributed by atoms with Crippen LogP contribution >= 0.6 is 0 Å². The molecular weight excluding hydrogens is 250 g/mol. The highest BCUT2D eigenvalue weighted by Crippen LogP contribution is 2.03. The van der Waals surface area contributed by atoms with Gasteiger partial charge in [-0.3, -0.25) is 4.79 Å². The van der Waals surface area contributed by atoms with Crippen LogP contribution < -0.4 is 5.32 Å². The monoisotopic (exact) mass is 271 g/mol. The van der Waals surface area contributed by atoms with Gasteiger partial charge in [-0.05, 0) is 5.92 Å². The van der Waals surface area contributed by atoms with Crippen LogP contribution in [0.2, 0.25) is 0 Å². The third-order valence-electron chi connectivity index (χ3n) is 2.43. The maximum atomic E-state index is 11.3.